The highest BCUT2D eigenvalue weighted by molar-refractivity contribution is 6.22. The lowest BCUT2D eigenvalue weighted by Gasteiger charge is -2.19. The monoisotopic (exact) mass is 522 g/mol. The molecule has 0 fully saturated rings. The molecule has 5 amide bonds. The summed E-state index contributed by atoms with van der Waals surface area (Å²) in [6.45, 7) is 9.68. The van der Waals surface area contributed by atoms with Crippen LogP contribution in [-0.4, -0.2) is 53.3 Å². The van der Waals surface area contributed by atoms with Crippen molar-refractivity contribution in [1.29, 1.82) is 0 Å². The minimum Gasteiger partial charge on any atom is -0.444 e. The summed E-state index contributed by atoms with van der Waals surface area (Å²) in [5, 5.41) is 8.12. The van der Waals surface area contributed by atoms with Crippen molar-refractivity contribution < 1.29 is 28.7 Å². The first kappa shape index (κ1) is 28.4. The van der Waals surface area contributed by atoms with E-state index in [9.17, 15) is 24.0 Å². The van der Waals surface area contributed by atoms with Crippen LogP contribution >= 0.6 is 0 Å². The molecule has 202 valence electrons. The molecule has 1 aliphatic heterocycles. The standard InChI is InChI=1S/C28H34N4O6/c1-17(2)16-32-25(35)20-11-10-18(14-21(20)26(32)36)24(34)31-22-9-7-6-8-19(22)15-30-23(33)12-13-29-27(37)38-28(3,4)5/h6-11,14,17H,12-13,15-16H2,1-5H3,(H,29,37)(H,30,33)(H,31,34). The topological polar surface area (TPSA) is 134 Å². The number of nitrogens with zero attached hydrogens (tertiary/aromatic N) is 1. The molecule has 2 aromatic rings. The summed E-state index contributed by atoms with van der Waals surface area (Å²) in [7, 11) is 0. The van der Waals surface area contributed by atoms with Crippen molar-refractivity contribution in [3.05, 3.63) is 64.7 Å². The van der Waals surface area contributed by atoms with E-state index in [4.69, 9.17) is 4.74 Å². The van der Waals surface area contributed by atoms with Gasteiger partial charge in [-0.05, 0) is 56.5 Å². The summed E-state index contributed by atoms with van der Waals surface area (Å²) in [4.78, 5) is 63.5. The van der Waals surface area contributed by atoms with E-state index in [1.165, 1.54) is 23.1 Å². The summed E-state index contributed by atoms with van der Waals surface area (Å²) in [6.07, 6.45) is -0.535. The zero-order valence-corrected chi connectivity index (χ0v) is 22.3. The van der Waals surface area contributed by atoms with E-state index in [0.717, 1.165) is 0 Å². The summed E-state index contributed by atoms with van der Waals surface area (Å²) < 4.78 is 5.13. The molecule has 2 aromatic carbocycles. The molecule has 38 heavy (non-hydrogen) atoms. The van der Waals surface area contributed by atoms with Gasteiger partial charge in [0.05, 0.1) is 11.1 Å². The number of benzene rings is 2. The lowest BCUT2D eigenvalue weighted by molar-refractivity contribution is -0.121. The van der Waals surface area contributed by atoms with Gasteiger partial charge in [-0.25, -0.2) is 4.79 Å². The zero-order valence-electron chi connectivity index (χ0n) is 22.3. The third kappa shape index (κ3) is 7.41. The average Bonchev–Trinajstić information content (AvgIpc) is 3.06. The second-order valence-electron chi connectivity index (χ2n) is 10.4. The van der Waals surface area contributed by atoms with Gasteiger partial charge in [-0.15, -0.1) is 0 Å². The number of para-hydroxylation sites is 1. The van der Waals surface area contributed by atoms with Crippen molar-refractivity contribution in [3.63, 3.8) is 0 Å². The minimum atomic E-state index is -0.624. The summed E-state index contributed by atoms with van der Waals surface area (Å²) in [5.41, 5.74) is 1.28. The summed E-state index contributed by atoms with van der Waals surface area (Å²) in [6, 6.07) is 11.5. The van der Waals surface area contributed by atoms with E-state index in [1.54, 1.807) is 45.0 Å². The fourth-order valence-corrected chi connectivity index (χ4v) is 3.83. The Morgan fingerprint density at radius 1 is 0.947 bits per heavy atom. The predicted molar refractivity (Wildman–Crippen MR) is 142 cm³/mol. The van der Waals surface area contributed by atoms with Gasteiger partial charge >= 0.3 is 6.09 Å². The summed E-state index contributed by atoms with van der Waals surface area (Å²) >= 11 is 0. The number of fused-ring (bicyclic) bond motifs is 1. The number of alkyl carbamates (subject to hydrolysis) is 1. The molecule has 0 saturated carbocycles. The normalized spacial score (nSPS) is 12.8. The van der Waals surface area contributed by atoms with Crippen molar-refractivity contribution in [2.45, 2.75) is 53.2 Å². The van der Waals surface area contributed by atoms with Gasteiger partial charge in [-0.1, -0.05) is 32.0 Å². The fourth-order valence-electron chi connectivity index (χ4n) is 3.83. The maximum Gasteiger partial charge on any atom is 0.407 e. The SMILES string of the molecule is CC(C)CN1C(=O)c2ccc(C(=O)Nc3ccccc3CNC(=O)CCNC(=O)OC(C)(C)C)cc2C1=O. The van der Waals surface area contributed by atoms with Crippen LogP contribution in [0.4, 0.5) is 10.5 Å². The second kappa shape index (κ2) is 11.9. The zero-order chi connectivity index (χ0) is 28.0. The molecule has 1 aliphatic rings. The first-order valence-electron chi connectivity index (χ1n) is 12.5. The maximum atomic E-state index is 13.0. The van der Waals surface area contributed by atoms with E-state index >= 15 is 0 Å². The molecule has 0 atom stereocenters. The highest BCUT2D eigenvalue weighted by Crippen LogP contribution is 2.25. The Labute approximate surface area is 222 Å². The van der Waals surface area contributed by atoms with Crippen LogP contribution in [0.1, 0.15) is 77.7 Å². The maximum absolute atomic E-state index is 13.0. The molecule has 1 heterocycles. The lowest BCUT2D eigenvalue weighted by atomic mass is 10.0. The molecule has 10 heteroatoms. The molecule has 0 radical (unpaired) electrons. The van der Waals surface area contributed by atoms with E-state index < -0.39 is 23.5 Å². The second-order valence-corrected chi connectivity index (χ2v) is 10.4. The van der Waals surface area contributed by atoms with Gasteiger partial charge in [0, 0.05) is 37.3 Å². The van der Waals surface area contributed by atoms with Crippen LogP contribution in [-0.2, 0) is 16.1 Å². The van der Waals surface area contributed by atoms with Crippen LogP contribution in [0.3, 0.4) is 0 Å². The van der Waals surface area contributed by atoms with Gasteiger partial charge in [0.1, 0.15) is 5.60 Å². The molecule has 0 spiro atoms. The number of nitrogens with one attached hydrogen (secondary N) is 3. The Bertz CT molecular complexity index is 1250. The smallest absolute Gasteiger partial charge is 0.407 e. The molecule has 0 saturated heterocycles. The Balaban J connectivity index is 1.59. The van der Waals surface area contributed by atoms with Crippen LogP contribution in [0.15, 0.2) is 42.5 Å². The van der Waals surface area contributed by atoms with Crippen molar-refractivity contribution >= 4 is 35.4 Å². The van der Waals surface area contributed by atoms with Crippen LogP contribution in [0.2, 0.25) is 0 Å². The van der Waals surface area contributed by atoms with E-state index in [0.29, 0.717) is 17.8 Å². The molecular weight excluding hydrogens is 488 g/mol. The molecule has 0 aromatic heterocycles. The van der Waals surface area contributed by atoms with Crippen molar-refractivity contribution in [3.8, 4) is 0 Å². The number of imide groups is 1. The lowest BCUT2D eigenvalue weighted by Crippen LogP contribution is -2.35. The Morgan fingerprint density at radius 3 is 2.32 bits per heavy atom. The number of amides is 5. The van der Waals surface area contributed by atoms with Crippen LogP contribution in [0.25, 0.3) is 0 Å². The molecule has 0 aliphatic carbocycles. The van der Waals surface area contributed by atoms with Crippen molar-refractivity contribution in [2.24, 2.45) is 5.92 Å². The predicted octanol–water partition coefficient (Wildman–Crippen LogP) is 3.72. The molecule has 3 N–H and O–H groups in total. The number of hydrogen-bond acceptors (Lipinski definition) is 6. The molecule has 3 rings (SSSR count). The number of anilines is 1. The number of carbonyl (C=O) groups excluding carboxylic acids is 5. The van der Waals surface area contributed by atoms with Gasteiger partial charge in [0.25, 0.3) is 17.7 Å². The largest absolute Gasteiger partial charge is 0.444 e. The quantitative estimate of drug-likeness (QED) is 0.430. The van der Waals surface area contributed by atoms with Gasteiger partial charge in [-0.2, -0.15) is 0 Å². The van der Waals surface area contributed by atoms with Gasteiger partial charge in [0.2, 0.25) is 5.91 Å². The third-order valence-electron chi connectivity index (χ3n) is 5.54. The van der Waals surface area contributed by atoms with Crippen LogP contribution < -0.4 is 16.0 Å². The number of rotatable bonds is 9. The fraction of sp³-hybridized carbons (Fsp3) is 0.393. The number of ether oxygens (including phenoxy) is 1. The van der Waals surface area contributed by atoms with E-state index in [2.05, 4.69) is 16.0 Å². The van der Waals surface area contributed by atoms with Crippen LogP contribution in [0.5, 0.6) is 0 Å². The first-order valence-corrected chi connectivity index (χ1v) is 12.5. The summed E-state index contributed by atoms with van der Waals surface area (Å²) in [5.74, 6) is -1.37. The highest BCUT2D eigenvalue weighted by atomic mass is 16.6. The van der Waals surface area contributed by atoms with Crippen molar-refractivity contribution in [2.75, 3.05) is 18.4 Å². The van der Waals surface area contributed by atoms with Gasteiger partial charge in [-0.3, -0.25) is 24.1 Å². The Kier molecular flexibility index (Phi) is 8.88. The van der Waals surface area contributed by atoms with E-state index in [1.807, 2.05) is 13.8 Å². The number of hydrogen-bond donors (Lipinski definition) is 3. The Morgan fingerprint density at radius 2 is 1.63 bits per heavy atom. The van der Waals surface area contributed by atoms with Crippen molar-refractivity contribution in [1.82, 2.24) is 15.5 Å². The Hall–Kier alpha value is -4.21. The van der Waals surface area contributed by atoms with Gasteiger partial charge < -0.3 is 20.7 Å². The van der Waals surface area contributed by atoms with E-state index in [-0.39, 0.29) is 53.9 Å². The highest BCUT2D eigenvalue weighted by Gasteiger charge is 2.36. The average molecular weight is 523 g/mol. The van der Waals surface area contributed by atoms with Gasteiger partial charge in [0.15, 0.2) is 0 Å². The first-order chi connectivity index (χ1) is 17.9. The molecule has 0 bridgehead atoms. The molecule has 10 nitrogen and oxygen atoms in total. The van der Waals surface area contributed by atoms with Crippen LogP contribution in [0, 0.1) is 5.92 Å². The molecular formula is C28H34N4O6. The molecule has 0 unspecified atom stereocenters. The number of carbonyl (C=O) groups is 5. The minimum absolute atomic E-state index is 0.0590. The third-order valence-corrected chi connectivity index (χ3v) is 5.54.